The van der Waals surface area contributed by atoms with E-state index in [0.717, 1.165) is 0 Å². The molecule has 1 unspecified atom stereocenters. The Kier molecular flexibility index (Phi) is 6.15. The van der Waals surface area contributed by atoms with Crippen LogP contribution in [0, 0.1) is 12.7 Å². The van der Waals surface area contributed by atoms with Gasteiger partial charge in [0.25, 0.3) is 0 Å². The van der Waals surface area contributed by atoms with Gasteiger partial charge in [-0.3, -0.25) is 5.32 Å². The Hall–Kier alpha value is -1.62. The van der Waals surface area contributed by atoms with Crippen molar-refractivity contribution in [2.75, 3.05) is 13.2 Å². The number of benzene rings is 1. The first-order valence-electron chi connectivity index (χ1n) is 7.12. The summed E-state index contributed by atoms with van der Waals surface area (Å²) in [6, 6.07) is 4.60. The van der Waals surface area contributed by atoms with E-state index in [9.17, 15) is 9.18 Å². The first-order chi connectivity index (χ1) is 9.78. The SMILES string of the molecule is CCOC(=O)C(C)(COc1ccc(F)c(C)c1)NC(C)C. The predicted octanol–water partition coefficient (Wildman–Crippen LogP) is 2.83. The number of nitrogens with one attached hydrogen (secondary N) is 1. The topological polar surface area (TPSA) is 47.6 Å². The molecule has 4 nitrogen and oxygen atoms in total. The maximum atomic E-state index is 13.2. The molecule has 0 bridgehead atoms. The molecule has 1 atom stereocenters. The molecule has 1 N–H and O–H groups in total. The molecule has 0 aliphatic rings. The Morgan fingerprint density at radius 1 is 1.43 bits per heavy atom. The zero-order valence-corrected chi connectivity index (χ0v) is 13.3. The van der Waals surface area contributed by atoms with Gasteiger partial charge >= 0.3 is 5.97 Å². The summed E-state index contributed by atoms with van der Waals surface area (Å²) in [4.78, 5) is 12.1. The van der Waals surface area contributed by atoms with Crippen molar-refractivity contribution < 1.29 is 18.7 Å². The molecule has 118 valence electrons. The Balaban J connectivity index is 2.81. The number of carbonyl (C=O) groups excluding carboxylic acids is 1. The molecule has 0 saturated heterocycles. The first-order valence-corrected chi connectivity index (χ1v) is 7.12. The quantitative estimate of drug-likeness (QED) is 0.786. The van der Waals surface area contributed by atoms with Crippen molar-refractivity contribution in [3.63, 3.8) is 0 Å². The van der Waals surface area contributed by atoms with Crippen LogP contribution in [0.3, 0.4) is 0 Å². The Bertz CT molecular complexity index is 490. The molecule has 0 aliphatic carbocycles. The molecule has 1 rings (SSSR count). The molecule has 5 heteroatoms. The molecule has 1 aromatic rings. The lowest BCUT2D eigenvalue weighted by Crippen LogP contribution is -2.57. The van der Waals surface area contributed by atoms with Crippen LogP contribution in [0.4, 0.5) is 4.39 Å². The van der Waals surface area contributed by atoms with Gasteiger partial charge in [-0.1, -0.05) is 0 Å². The maximum Gasteiger partial charge on any atom is 0.329 e. The third-order valence-corrected chi connectivity index (χ3v) is 2.99. The second-order valence-corrected chi connectivity index (χ2v) is 5.55. The zero-order chi connectivity index (χ0) is 16.0. The molecule has 0 radical (unpaired) electrons. The highest BCUT2D eigenvalue weighted by Gasteiger charge is 2.36. The summed E-state index contributed by atoms with van der Waals surface area (Å²) in [6.07, 6.45) is 0. The van der Waals surface area contributed by atoms with Gasteiger partial charge in [0, 0.05) is 6.04 Å². The van der Waals surface area contributed by atoms with Gasteiger partial charge in [-0.15, -0.1) is 0 Å². The standard InChI is InChI=1S/C16H24FNO3/c1-6-20-15(19)16(5,18-11(2)3)10-21-13-7-8-14(17)12(4)9-13/h7-9,11,18H,6,10H2,1-5H3. The van der Waals surface area contributed by atoms with Crippen molar-refractivity contribution in [2.24, 2.45) is 0 Å². The Morgan fingerprint density at radius 3 is 2.62 bits per heavy atom. The lowest BCUT2D eigenvalue weighted by Gasteiger charge is -2.30. The monoisotopic (exact) mass is 297 g/mol. The number of rotatable bonds is 7. The van der Waals surface area contributed by atoms with Crippen LogP contribution in [0.1, 0.15) is 33.3 Å². The summed E-state index contributed by atoms with van der Waals surface area (Å²) in [7, 11) is 0. The summed E-state index contributed by atoms with van der Waals surface area (Å²) in [6.45, 7) is 9.47. The van der Waals surface area contributed by atoms with E-state index >= 15 is 0 Å². The maximum absolute atomic E-state index is 13.2. The van der Waals surface area contributed by atoms with E-state index < -0.39 is 5.54 Å². The minimum absolute atomic E-state index is 0.0953. The van der Waals surface area contributed by atoms with Crippen molar-refractivity contribution in [1.29, 1.82) is 0 Å². The largest absolute Gasteiger partial charge is 0.491 e. The number of hydrogen-bond acceptors (Lipinski definition) is 4. The second-order valence-electron chi connectivity index (χ2n) is 5.55. The fourth-order valence-electron chi connectivity index (χ4n) is 2.02. The summed E-state index contributed by atoms with van der Waals surface area (Å²) >= 11 is 0. The smallest absolute Gasteiger partial charge is 0.329 e. The second kappa shape index (κ2) is 7.41. The third kappa shape index (κ3) is 5.01. The van der Waals surface area contributed by atoms with Gasteiger partial charge in [-0.25, -0.2) is 9.18 Å². The van der Waals surface area contributed by atoms with E-state index in [0.29, 0.717) is 17.9 Å². The third-order valence-electron chi connectivity index (χ3n) is 2.99. The van der Waals surface area contributed by atoms with E-state index in [1.807, 2.05) is 13.8 Å². The van der Waals surface area contributed by atoms with E-state index in [-0.39, 0.29) is 24.4 Å². The van der Waals surface area contributed by atoms with Crippen LogP contribution in [-0.2, 0) is 9.53 Å². The highest BCUT2D eigenvalue weighted by Crippen LogP contribution is 2.18. The van der Waals surface area contributed by atoms with Crippen molar-refractivity contribution in [2.45, 2.75) is 46.2 Å². The minimum Gasteiger partial charge on any atom is -0.491 e. The fraction of sp³-hybridized carbons (Fsp3) is 0.562. The van der Waals surface area contributed by atoms with Gasteiger partial charge in [0.2, 0.25) is 0 Å². The van der Waals surface area contributed by atoms with Crippen molar-refractivity contribution in [1.82, 2.24) is 5.32 Å². The lowest BCUT2D eigenvalue weighted by molar-refractivity contribution is -0.152. The van der Waals surface area contributed by atoms with Gasteiger partial charge in [-0.2, -0.15) is 0 Å². The first kappa shape index (κ1) is 17.4. The molecule has 0 spiro atoms. The van der Waals surface area contributed by atoms with Gasteiger partial charge < -0.3 is 9.47 Å². The Morgan fingerprint density at radius 2 is 2.10 bits per heavy atom. The summed E-state index contributed by atoms with van der Waals surface area (Å²) < 4.78 is 24.0. The zero-order valence-electron chi connectivity index (χ0n) is 13.3. The predicted molar refractivity (Wildman–Crippen MR) is 79.9 cm³/mol. The van der Waals surface area contributed by atoms with Crippen molar-refractivity contribution >= 4 is 5.97 Å². The highest BCUT2D eigenvalue weighted by molar-refractivity contribution is 5.80. The highest BCUT2D eigenvalue weighted by atomic mass is 19.1. The average molecular weight is 297 g/mol. The molecule has 0 fully saturated rings. The molecule has 0 aliphatic heterocycles. The molecular formula is C16H24FNO3. The Labute approximate surface area is 125 Å². The fourth-order valence-corrected chi connectivity index (χ4v) is 2.02. The van der Waals surface area contributed by atoms with Gasteiger partial charge in [-0.05, 0) is 58.4 Å². The molecule has 0 aromatic heterocycles. The van der Waals surface area contributed by atoms with Crippen LogP contribution in [-0.4, -0.2) is 30.8 Å². The van der Waals surface area contributed by atoms with E-state index in [2.05, 4.69) is 5.32 Å². The normalized spacial score (nSPS) is 13.9. The number of halogens is 1. The van der Waals surface area contributed by atoms with Crippen molar-refractivity contribution in [3.8, 4) is 5.75 Å². The molecule has 0 amide bonds. The van der Waals surface area contributed by atoms with Crippen LogP contribution >= 0.6 is 0 Å². The number of aryl methyl sites for hydroxylation is 1. The van der Waals surface area contributed by atoms with Crippen LogP contribution in [0.25, 0.3) is 0 Å². The molecule has 21 heavy (non-hydrogen) atoms. The van der Waals surface area contributed by atoms with Gasteiger partial charge in [0.1, 0.15) is 23.7 Å². The molecule has 1 aromatic carbocycles. The van der Waals surface area contributed by atoms with Crippen molar-refractivity contribution in [3.05, 3.63) is 29.6 Å². The van der Waals surface area contributed by atoms with Gasteiger partial charge in [0.15, 0.2) is 0 Å². The van der Waals surface area contributed by atoms with E-state index in [1.165, 1.54) is 6.07 Å². The average Bonchev–Trinajstić information content (AvgIpc) is 2.39. The summed E-state index contributed by atoms with van der Waals surface area (Å²) in [5, 5.41) is 3.16. The molecule has 0 heterocycles. The molecular weight excluding hydrogens is 273 g/mol. The van der Waals surface area contributed by atoms with Crippen LogP contribution in [0.5, 0.6) is 5.75 Å². The lowest BCUT2D eigenvalue weighted by atomic mass is 10.0. The van der Waals surface area contributed by atoms with E-state index in [1.54, 1.807) is 32.9 Å². The summed E-state index contributed by atoms with van der Waals surface area (Å²) in [5.41, 5.74) is -0.450. The van der Waals surface area contributed by atoms with E-state index in [4.69, 9.17) is 9.47 Å². The van der Waals surface area contributed by atoms with Crippen LogP contribution in [0.15, 0.2) is 18.2 Å². The van der Waals surface area contributed by atoms with Crippen LogP contribution in [0.2, 0.25) is 0 Å². The number of carbonyl (C=O) groups is 1. The minimum atomic E-state index is -0.952. The van der Waals surface area contributed by atoms with Gasteiger partial charge in [0.05, 0.1) is 6.61 Å². The number of hydrogen-bond donors (Lipinski definition) is 1. The summed E-state index contributed by atoms with van der Waals surface area (Å²) in [5.74, 6) is -0.122. The van der Waals surface area contributed by atoms with Crippen LogP contribution < -0.4 is 10.1 Å². The number of esters is 1. The number of ether oxygens (including phenoxy) is 2. The molecule has 0 saturated carbocycles.